The van der Waals surface area contributed by atoms with Crippen LogP contribution in [0.3, 0.4) is 0 Å². The molecule has 2 rings (SSSR count). The third-order valence-electron chi connectivity index (χ3n) is 2.76. The van der Waals surface area contributed by atoms with Crippen molar-refractivity contribution in [3.63, 3.8) is 0 Å². The monoisotopic (exact) mass is 273 g/mol. The van der Waals surface area contributed by atoms with Crippen LogP contribution >= 0.6 is 0 Å². The summed E-state index contributed by atoms with van der Waals surface area (Å²) in [6.45, 7) is 0. The van der Waals surface area contributed by atoms with Gasteiger partial charge in [0.1, 0.15) is 0 Å². The Labute approximate surface area is 124 Å². The summed E-state index contributed by atoms with van der Waals surface area (Å²) in [7, 11) is 0. The normalized spacial score (nSPS) is 11.5. The summed E-state index contributed by atoms with van der Waals surface area (Å²) in [6, 6.07) is 19.7. The van der Waals surface area contributed by atoms with Crippen LogP contribution in [0.1, 0.15) is 11.1 Å². The Morgan fingerprint density at radius 2 is 1.62 bits per heavy atom. The zero-order valence-corrected chi connectivity index (χ0v) is 11.5. The van der Waals surface area contributed by atoms with Gasteiger partial charge in [0, 0.05) is 5.56 Å². The van der Waals surface area contributed by atoms with Gasteiger partial charge in [0.25, 0.3) is 0 Å². The Hall–Kier alpha value is -3.05. The number of hydrogen-bond acceptors (Lipinski definition) is 2. The largest absolute Gasteiger partial charge is 0.411 e. The molecule has 0 aliphatic carbocycles. The van der Waals surface area contributed by atoms with Gasteiger partial charge >= 0.3 is 0 Å². The predicted molar refractivity (Wildman–Crippen MR) is 87.2 cm³/mol. The van der Waals surface area contributed by atoms with Crippen LogP contribution in [-0.2, 0) is 0 Å². The number of rotatable bonds is 3. The summed E-state index contributed by atoms with van der Waals surface area (Å²) < 4.78 is 0. The van der Waals surface area contributed by atoms with Crippen molar-refractivity contribution in [2.45, 2.75) is 0 Å². The van der Waals surface area contributed by atoms with Gasteiger partial charge in [0.2, 0.25) is 0 Å². The van der Waals surface area contributed by atoms with Gasteiger partial charge < -0.3 is 5.21 Å². The average Bonchev–Trinajstić information content (AvgIpc) is 2.56. The molecule has 0 heterocycles. The van der Waals surface area contributed by atoms with Crippen LogP contribution in [-0.4, -0.2) is 11.4 Å². The van der Waals surface area contributed by atoms with E-state index in [0.717, 1.165) is 16.7 Å². The van der Waals surface area contributed by atoms with Crippen molar-refractivity contribution in [2.75, 3.05) is 0 Å². The number of allylic oxidation sites excluding steroid dienone is 4. The van der Waals surface area contributed by atoms with E-state index in [1.165, 1.54) is 6.21 Å². The quantitative estimate of drug-likeness (QED) is 0.294. The van der Waals surface area contributed by atoms with Gasteiger partial charge in [0.15, 0.2) is 0 Å². The van der Waals surface area contributed by atoms with Gasteiger partial charge in [-0.2, -0.15) is 0 Å². The lowest BCUT2D eigenvalue weighted by molar-refractivity contribution is 0.322. The van der Waals surface area contributed by atoms with Crippen LogP contribution in [0, 0.1) is 11.8 Å². The first-order valence-electron chi connectivity index (χ1n) is 6.56. The van der Waals surface area contributed by atoms with E-state index in [1.54, 1.807) is 12.2 Å². The van der Waals surface area contributed by atoms with Crippen LogP contribution in [0.4, 0.5) is 0 Å². The summed E-state index contributed by atoms with van der Waals surface area (Å²) in [5.41, 5.74) is 2.94. The highest BCUT2D eigenvalue weighted by atomic mass is 16.4. The van der Waals surface area contributed by atoms with E-state index in [1.807, 2.05) is 66.7 Å². The number of hydrogen-bond donors (Lipinski definition) is 1. The van der Waals surface area contributed by atoms with Crippen LogP contribution in [0.2, 0.25) is 0 Å². The molecule has 0 fully saturated rings. The van der Waals surface area contributed by atoms with Gasteiger partial charge in [-0.15, -0.1) is 0 Å². The molecule has 2 heteroatoms. The molecule has 102 valence electrons. The molecule has 2 aromatic rings. The van der Waals surface area contributed by atoms with Gasteiger partial charge in [0.05, 0.1) is 6.21 Å². The van der Waals surface area contributed by atoms with Gasteiger partial charge in [-0.25, -0.2) is 0 Å². The number of benzene rings is 2. The lowest BCUT2D eigenvalue weighted by Crippen LogP contribution is -1.81. The highest BCUT2D eigenvalue weighted by Gasteiger charge is 1.94. The van der Waals surface area contributed by atoms with Crippen LogP contribution in [0.5, 0.6) is 0 Å². The minimum absolute atomic E-state index is 0.927. The van der Waals surface area contributed by atoms with E-state index in [2.05, 4.69) is 17.0 Å². The maximum Gasteiger partial charge on any atom is 0.0667 e. The second kappa shape index (κ2) is 8.19. The first kappa shape index (κ1) is 14.4. The zero-order chi connectivity index (χ0) is 14.8. The molecule has 0 aliphatic heterocycles. The van der Waals surface area contributed by atoms with E-state index in [-0.39, 0.29) is 0 Å². The zero-order valence-electron chi connectivity index (χ0n) is 11.5. The third kappa shape index (κ3) is 4.85. The first-order chi connectivity index (χ1) is 10.4. The minimum Gasteiger partial charge on any atom is -0.411 e. The van der Waals surface area contributed by atoms with Crippen molar-refractivity contribution in [3.8, 4) is 11.8 Å². The topological polar surface area (TPSA) is 32.6 Å². The Balaban J connectivity index is 2.17. The minimum atomic E-state index is 0.927. The summed E-state index contributed by atoms with van der Waals surface area (Å²) in [5, 5.41) is 11.6. The van der Waals surface area contributed by atoms with Crippen LogP contribution in [0.25, 0.3) is 5.57 Å². The molecule has 0 radical (unpaired) electrons. The Kier molecular flexibility index (Phi) is 5.60. The fourth-order valence-electron chi connectivity index (χ4n) is 1.77. The van der Waals surface area contributed by atoms with Gasteiger partial charge in [-0.1, -0.05) is 65.5 Å². The summed E-state index contributed by atoms with van der Waals surface area (Å²) in [6.07, 6.45) is 6.76. The lowest BCUT2D eigenvalue weighted by atomic mass is 10.1. The molecule has 0 amide bonds. The van der Waals surface area contributed by atoms with E-state index >= 15 is 0 Å². The maximum absolute atomic E-state index is 8.56. The summed E-state index contributed by atoms with van der Waals surface area (Å²) in [4.78, 5) is 0. The summed E-state index contributed by atoms with van der Waals surface area (Å²) >= 11 is 0. The summed E-state index contributed by atoms with van der Waals surface area (Å²) in [5.74, 6) is 6.06. The van der Waals surface area contributed by atoms with Crippen molar-refractivity contribution in [3.05, 3.63) is 90.0 Å². The number of oxime groups is 1. The van der Waals surface area contributed by atoms with Crippen LogP contribution in [0.15, 0.2) is 84.0 Å². The molecule has 0 unspecified atom stereocenters. The molecule has 0 bridgehead atoms. The second-order valence-electron chi connectivity index (χ2n) is 4.22. The second-order valence-corrected chi connectivity index (χ2v) is 4.22. The van der Waals surface area contributed by atoms with E-state index in [0.29, 0.717) is 0 Å². The van der Waals surface area contributed by atoms with Gasteiger partial charge in [-0.3, -0.25) is 0 Å². The molecule has 1 N–H and O–H groups in total. The van der Waals surface area contributed by atoms with Crippen molar-refractivity contribution in [1.29, 1.82) is 0 Å². The first-order valence-corrected chi connectivity index (χ1v) is 6.56. The molecule has 0 spiro atoms. The lowest BCUT2D eigenvalue weighted by Gasteiger charge is -1.99. The number of nitrogens with zero attached hydrogens (tertiary/aromatic N) is 1. The van der Waals surface area contributed by atoms with Gasteiger partial charge in [-0.05, 0) is 41.5 Å². The average molecular weight is 273 g/mol. The van der Waals surface area contributed by atoms with E-state index in [4.69, 9.17) is 5.21 Å². The van der Waals surface area contributed by atoms with E-state index in [9.17, 15) is 0 Å². The highest BCUT2D eigenvalue weighted by Crippen LogP contribution is 2.14. The van der Waals surface area contributed by atoms with Crippen molar-refractivity contribution < 1.29 is 5.21 Å². The van der Waals surface area contributed by atoms with Crippen molar-refractivity contribution >= 4 is 11.8 Å². The fraction of sp³-hybridized carbons (Fsp3) is 0. The molecule has 0 saturated heterocycles. The Morgan fingerprint density at radius 1 is 0.952 bits per heavy atom. The Morgan fingerprint density at radius 3 is 2.29 bits per heavy atom. The smallest absolute Gasteiger partial charge is 0.0667 e. The molecular weight excluding hydrogens is 258 g/mol. The molecule has 0 aromatic heterocycles. The standard InChI is InChI=1S/C19H15NO/c21-20-16-15-19(18-12-5-2-6-13-18)14-8-7-11-17-9-3-1-4-10-17/h1-6,8-10,12-16,21H/b14-8+,19-15+,20-16+. The predicted octanol–water partition coefficient (Wildman–Crippen LogP) is 4.14. The van der Waals surface area contributed by atoms with E-state index < -0.39 is 0 Å². The molecular formula is C19H15NO. The third-order valence-corrected chi connectivity index (χ3v) is 2.76. The molecule has 2 aromatic carbocycles. The van der Waals surface area contributed by atoms with Crippen LogP contribution < -0.4 is 0 Å². The Bertz CT molecular complexity index is 701. The maximum atomic E-state index is 8.56. The molecule has 21 heavy (non-hydrogen) atoms. The highest BCUT2D eigenvalue weighted by molar-refractivity contribution is 5.88. The SMILES string of the molecule is O/N=C/C=C(\C=C\C#Cc1ccccc1)c1ccccc1. The molecule has 0 aliphatic rings. The molecule has 0 atom stereocenters. The fourth-order valence-corrected chi connectivity index (χ4v) is 1.77. The molecule has 0 saturated carbocycles. The molecule has 2 nitrogen and oxygen atoms in total. The van der Waals surface area contributed by atoms with Crippen molar-refractivity contribution in [1.82, 2.24) is 0 Å². The van der Waals surface area contributed by atoms with Crippen molar-refractivity contribution in [2.24, 2.45) is 5.16 Å².